The van der Waals surface area contributed by atoms with Gasteiger partial charge in [-0.25, -0.2) is 8.42 Å². The lowest BCUT2D eigenvalue weighted by Gasteiger charge is -2.23. The van der Waals surface area contributed by atoms with E-state index in [1.165, 1.54) is 10.6 Å². The zero-order chi connectivity index (χ0) is 23.0. The second-order valence-corrected chi connectivity index (χ2v) is 10.2. The minimum absolute atomic E-state index is 0.0213. The van der Waals surface area contributed by atoms with E-state index in [0.29, 0.717) is 22.5 Å². The number of nitrogens with one attached hydrogen (secondary N) is 1. The summed E-state index contributed by atoms with van der Waals surface area (Å²) in [5.74, 6) is 0.504. The molecule has 0 bridgehead atoms. The summed E-state index contributed by atoms with van der Waals surface area (Å²) in [6.45, 7) is 7.43. The average Bonchev–Trinajstić information content (AvgIpc) is 3.20. The van der Waals surface area contributed by atoms with Crippen LogP contribution in [-0.4, -0.2) is 17.7 Å². The predicted molar refractivity (Wildman–Crippen MR) is 125 cm³/mol. The van der Waals surface area contributed by atoms with Gasteiger partial charge in [0.15, 0.2) is 0 Å². The number of nitrogens with zero attached hydrogens (tertiary/aromatic N) is 1. The molecule has 0 aliphatic heterocycles. The SMILES string of the molecule is Cc1cc(C)c(S(=O)(=O)N(Cc2ccco2)Cc2cc3ccc(C)cc3[nH]c2=O)c(C)c1. The normalized spacial score (nSPS) is 12.0. The molecular formula is C25H26N2O4S. The highest BCUT2D eigenvalue weighted by Gasteiger charge is 2.29. The monoisotopic (exact) mass is 450 g/mol. The Kier molecular flexibility index (Phi) is 5.79. The number of fused-ring (bicyclic) bond motifs is 1. The standard InChI is InChI=1S/C25H26N2O4S/c1-16-7-8-20-13-21(25(28)26-23(20)12-16)14-27(15-22-6-5-9-31-22)32(29,30)24-18(3)10-17(2)11-19(24)4/h5-13H,14-15H2,1-4H3,(H,26,28). The molecule has 166 valence electrons. The summed E-state index contributed by atoms with van der Waals surface area (Å²) in [4.78, 5) is 16.0. The van der Waals surface area contributed by atoms with Crippen LogP contribution in [-0.2, 0) is 23.1 Å². The highest BCUT2D eigenvalue weighted by atomic mass is 32.2. The number of hydrogen-bond acceptors (Lipinski definition) is 4. The maximum atomic E-state index is 13.8. The Morgan fingerprint density at radius 3 is 2.28 bits per heavy atom. The Labute approximate surface area is 187 Å². The number of aromatic nitrogens is 1. The number of pyridine rings is 1. The van der Waals surface area contributed by atoms with Crippen molar-refractivity contribution in [2.45, 2.75) is 45.7 Å². The first-order valence-electron chi connectivity index (χ1n) is 10.4. The van der Waals surface area contributed by atoms with Gasteiger partial charge in [0.2, 0.25) is 10.0 Å². The molecule has 0 unspecified atom stereocenters. The van der Waals surface area contributed by atoms with E-state index in [1.807, 2.05) is 44.2 Å². The molecule has 0 amide bonds. The van der Waals surface area contributed by atoms with Gasteiger partial charge in [0.05, 0.1) is 17.7 Å². The molecule has 4 rings (SSSR count). The predicted octanol–water partition coefficient (Wildman–Crippen LogP) is 4.75. The minimum Gasteiger partial charge on any atom is -0.468 e. The summed E-state index contributed by atoms with van der Waals surface area (Å²) < 4.78 is 34.4. The lowest BCUT2D eigenvalue weighted by atomic mass is 10.1. The molecule has 2 aromatic heterocycles. The Hall–Kier alpha value is -3.16. The van der Waals surface area contributed by atoms with Gasteiger partial charge in [0, 0.05) is 17.6 Å². The van der Waals surface area contributed by atoms with Crippen molar-refractivity contribution in [3.63, 3.8) is 0 Å². The van der Waals surface area contributed by atoms with Gasteiger partial charge >= 0.3 is 0 Å². The number of aryl methyl sites for hydroxylation is 4. The van der Waals surface area contributed by atoms with Crippen LogP contribution < -0.4 is 5.56 Å². The molecule has 2 aromatic carbocycles. The molecule has 0 saturated heterocycles. The Bertz CT molecular complexity index is 1430. The van der Waals surface area contributed by atoms with Crippen molar-refractivity contribution in [3.05, 3.63) is 98.7 Å². The zero-order valence-corrected chi connectivity index (χ0v) is 19.4. The van der Waals surface area contributed by atoms with Crippen molar-refractivity contribution in [2.75, 3.05) is 0 Å². The molecule has 2 heterocycles. The van der Waals surface area contributed by atoms with Crippen molar-refractivity contribution in [2.24, 2.45) is 0 Å². The fourth-order valence-corrected chi connectivity index (χ4v) is 5.97. The molecule has 0 spiro atoms. The van der Waals surface area contributed by atoms with Crippen molar-refractivity contribution in [1.82, 2.24) is 9.29 Å². The smallest absolute Gasteiger partial charge is 0.252 e. The maximum Gasteiger partial charge on any atom is 0.252 e. The van der Waals surface area contributed by atoms with Gasteiger partial charge in [-0.3, -0.25) is 4.79 Å². The van der Waals surface area contributed by atoms with Crippen LogP contribution in [0, 0.1) is 27.7 Å². The zero-order valence-electron chi connectivity index (χ0n) is 18.6. The first-order valence-corrected chi connectivity index (χ1v) is 11.8. The van der Waals surface area contributed by atoms with Crippen molar-refractivity contribution < 1.29 is 12.8 Å². The van der Waals surface area contributed by atoms with Gasteiger partial charge in [-0.2, -0.15) is 4.31 Å². The molecular weight excluding hydrogens is 424 g/mol. The van der Waals surface area contributed by atoms with E-state index >= 15 is 0 Å². The third-order valence-corrected chi connectivity index (χ3v) is 7.64. The van der Waals surface area contributed by atoms with Gasteiger partial charge in [0.1, 0.15) is 5.76 Å². The van der Waals surface area contributed by atoms with Gasteiger partial charge in [-0.05, 0) is 74.0 Å². The third-order valence-electron chi connectivity index (χ3n) is 5.54. The molecule has 0 aliphatic carbocycles. The molecule has 7 heteroatoms. The third kappa shape index (κ3) is 4.26. The molecule has 32 heavy (non-hydrogen) atoms. The first kappa shape index (κ1) is 22.0. The number of benzene rings is 2. The number of aromatic amines is 1. The van der Waals surface area contributed by atoms with Crippen LogP contribution >= 0.6 is 0 Å². The quantitative estimate of drug-likeness (QED) is 0.460. The second-order valence-electron chi connectivity index (χ2n) is 8.29. The molecule has 0 fully saturated rings. The van der Waals surface area contributed by atoms with Crippen LogP contribution in [0.2, 0.25) is 0 Å². The van der Waals surface area contributed by atoms with E-state index < -0.39 is 10.0 Å². The highest BCUT2D eigenvalue weighted by Crippen LogP contribution is 2.28. The topological polar surface area (TPSA) is 83.4 Å². The van der Waals surface area contributed by atoms with Crippen LogP contribution in [0.5, 0.6) is 0 Å². The Morgan fingerprint density at radius 2 is 1.62 bits per heavy atom. The number of sulfonamides is 1. The number of rotatable bonds is 6. The van der Waals surface area contributed by atoms with Gasteiger partial charge in [0.25, 0.3) is 5.56 Å². The number of hydrogen-bond donors (Lipinski definition) is 1. The van der Waals surface area contributed by atoms with Crippen LogP contribution in [0.3, 0.4) is 0 Å². The summed E-state index contributed by atoms with van der Waals surface area (Å²) >= 11 is 0. The van der Waals surface area contributed by atoms with Crippen molar-refractivity contribution in [1.29, 1.82) is 0 Å². The number of furan rings is 1. The summed E-state index contributed by atoms with van der Waals surface area (Å²) in [5.41, 5.74) is 4.18. The highest BCUT2D eigenvalue weighted by molar-refractivity contribution is 7.89. The maximum absolute atomic E-state index is 13.8. The van der Waals surface area contributed by atoms with E-state index in [2.05, 4.69) is 4.98 Å². The summed E-state index contributed by atoms with van der Waals surface area (Å²) in [7, 11) is -3.91. The van der Waals surface area contributed by atoms with Crippen LogP contribution in [0.1, 0.15) is 33.6 Å². The van der Waals surface area contributed by atoms with E-state index in [4.69, 9.17) is 4.42 Å². The van der Waals surface area contributed by atoms with Gasteiger partial charge in [-0.1, -0.05) is 29.8 Å². The Balaban J connectivity index is 1.82. The molecule has 0 radical (unpaired) electrons. The summed E-state index contributed by atoms with van der Waals surface area (Å²) in [6.07, 6.45) is 1.51. The molecule has 4 aromatic rings. The van der Waals surface area contributed by atoms with Gasteiger partial charge < -0.3 is 9.40 Å². The summed E-state index contributed by atoms with van der Waals surface area (Å²) in [6, 6.07) is 14.7. The molecule has 6 nitrogen and oxygen atoms in total. The Morgan fingerprint density at radius 1 is 0.906 bits per heavy atom. The average molecular weight is 451 g/mol. The minimum atomic E-state index is -3.91. The first-order chi connectivity index (χ1) is 15.1. The molecule has 0 saturated carbocycles. The van der Waals surface area contributed by atoms with Crippen LogP contribution in [0.4, 0.5) is 0 Å². The molecule has 0 atom stereocenters. The lowest BCUT2D eigenvalue weighted by Crippen LogP contribution is -2.33. The van der Waals surface area contributed by atoms with E-state index in [0.717, 1.165) is 22.0 Å². The fourth-order valence-electron chi connectivity index (χ4n) is 4.17. The van der Waals surface area contributed by atoms with Crippen LogP contribution in [0.25, 0.3) is 10.9 Å². The fraction of sp³-hybridized carbons (Fsp3) is 0.240. The summed E-state index contributed by atoms with van der Waals surface area (Å²) in [5, 5.41) is 0.850. The van der Waals surface area contributed by atoms with E-state index in [9.17, 15) is 13.2 Å². The van der Waals surface area contributed by atoms with Crippen molar-refractivity contribution in [3.8, 4) is 0 Å². The lowest BCUT2D eigenvalue weighted by molar-refractivity contribution is 0.357. The van der Waals surface area contributed by atoms with Crippen molar-refractivity contribution >= 4 is 20.9 Å². The van der Waals surface area contributed by atoms with Gasteiger partial charge in [-0.15, -0.1) is 0 Å². The van der Waals surface area contributed by atoms with E-state index in [-0.39, 0.29) is 23.5 Å². The molecule has 1 N–H and O–H groups in total. The van der Waals surface area contributed by atoms with E-state index in [1.54, 1.807) is 32.0 Å². The molecule has 0 aliphatic rings. The number of H-pyrrole nitrogens is 1. The van der Waals surface area contributed by atoms with Crippen LogP contribution in [0.15, 0.2) is 68.9 Å². The largest absolute Gasteiger partial charge is 0.468 e. The second kappa shape index (κ2) is 8.41.